The Hall–Kier alpha value is -0.120. The zero-order chi connectivity index (χ0) is 15.1. The molecule has 1 rings (SSSR count). The summed E-state index contributed by atoms with van der Waals surface area (Å²) < 4.78 is 6.00. The summed E-state index contributed by atoms with van der Waals surface area (Å²) in [5, 5.41) is 12.8. The largest absolute Gasteiger partial charge is 0.394 e. The normalized spacial score (nSPS) is 22.6. The number of nitrogens with one attached hydrogen (secondary N) is 1. The summed E-state index contributed by atoms with van der Waals surface area (Å²) in [6.07, 6.45) is 8.74. The third-order valence-corrected chi connectivity index (χ3v) is 4.72. The summed E-state index contributed by atoms with van der Waals surface area (Å²) in [4.78, 5) is 0. The van der Waals surface area contributed by atoms with Gasteiger partial charge in [0.25, 0.3) is 0 Å². The van der Waals surface area contributed by atoms with Gasteiger partial charge in [-0.05, 0) is 63.8 Å². The second-order valence-electron chi connectivity index (χ2n) is 7.44. The lowest BCUT2D eigenvalue weighted by molar-refractivity contribution is 0.00199. The van der Waals surface area contributed by atoms with Crippen LogP contribution in [-0.2, 0) is 4.74 Å². The Morgan fingerprint density at radius 2 is 1.90 bits per heavy atom. The third kappa shape index (κ3) is 6.55. The van der Waals surface area contributed by atoms with Crippen molar-refractivity contribution in [3.63, 3.8) is 0 Å². The Balaban J connectivity index is 2.08. The van der Waals surface area contributed by atoms with Gasteiger partial charge in [0.15, 0.2) is 0 Å². The first-order valence-electron chi connectivity index (χ1n) is 8.38. The Kier molecular flexibility index (Phi) is 7.49. The molecule has 120 valence electrons. The second-order valence-corrected chi connectivity index (χ2v) is 7.44. The van der Waals surface area contributed by atoms with Crippen LogP contribution < -0.4 is 5.32 Å². The molecule has 1 aliphatic rings. The number of unbranched alkanes of at least 4 members (excludes halogenated alkanes) is 1. The Bertz CT molecular complexity index is 258. The number of aliphatic hydroxyl groups excluding tert-OH is 1. The molecule has 1 saturated carbocycles. The highest BCUT2D eigenvalue weighted by Crippen LogP contribution is 2.36. The zero-order valence-corrected chi connectivity index (χ0v) is 14.0. The van der Waals surface area contributed by atoms with Crippen LogP contribution in [-0.4, -0.2) is 36.5 Å². The van der Waals surface area contributed by atoms with Gasteiger partial charge in [-0.1, -0.05) is 20.8 Å². The van der Waals surface area contributed by atoms with Gasteiger partial charge in [-0.3, -0.25) is 0 Å². The van der Waals surface area contributed by atoms with Crippen LogP contribution in [0.4, 0.5) is 0 Å². The lowest BCUT2D eigenvalue weighted by Gasteiger charge is -2.34. The second kappa shape index (κ2) is 8.35. The Morgan fingerprint density at radius 3 is 2.45 bits per heavy atom. The van der Waals surface area contributed by atoms with Gasteiger partial charge >= 0.3 is 0 Å². The van der Waals surface area contributed by atoms with Crippen molar-refractivity contribution >= 4 is 0 Å². The number of hydrogen-bond acceptors (Lipinski definition) is 3. The van der Waals surface area contributed by atoms with Gasteiger partial charge in [0.1, 0.15) is 0 Å². The standard InChI is InChI=1S/C17H35NO2/c1-5-18-17(4,14-19)10-6-7-13-20-15-8-11-16(2,3)12-9-15/h15,18-19H,5-14H2,1-4H3. The van der Waals surface area contributed by atoms with Gasteiger partial charge in [0.2, 0.25) is 0 Å². The zero-order valence-electron chi connectivity index (χ0n) is 14.0. The lowest BCUT2D eigenvalue weighted by atomic mass is 9.76. The summed E-state index contributed by atoms with van der Waals surface area (Å²) >= 11 is 0. The molecule has 0 amide bonds. The number of aliphatic hydroxyl groups is 1. The van der Waals surface area contributed by atoms with E-state index in [-0.39, 0.29) is 12.1 Å². The summed E-state index contributed by atoms with van der Waals surface area (Å²) in [5.74, 6) is 0. The molecule has 0 bridgehead atoms. The van der Waals surface area contributed by atoms with Crippen LogP contribution in [0.3, 0.4) is 0 Å². The van der Waals surface area contributed by atoms with Gasteiger partial charge in [-0.25, -0.2) is 0 Å². The Labute approximate surface area is 125 Å². The third-order valence-electron chi connectivity index (χ3n) is 4.72. The van der Waals surface area contributed by atoms with E-state index in [1.165, 1.54) is 25.7 Å². The van der Waals surface area contributed by atoms with Crippen molar-refractivity contribution in [2.24, 2.45) is 5.41 Å². The van der Waals surface area contributed by atoms with E-state index < -0.39 is 0 Å². The molecule has 1 unspecified atom stereocenters. The molecular formula is C17H35NO2. The maximum atomic E-state index is 9.43. The van der Waals surface area contributed by atoms with Crippen LogP contribution in [0.2, 0.25) is 0 Å². The molecule has 20 heavy (non-hydrogen) atoms. The minimum Gasteiger partial charge on any atom is -0.394 e. The molecule has 0 aromatic rings. The topological polar surface area (TPSA) is 41.5 Å². The molecule has 1 fully saturated rings. The summed E-state index contributed by atoms with van der Waals surface area (Å²) in [6.45, 7) is 10.9. The maximum absolute atomic E-state index is 9.43. The maximum Gasteiger partial charge on any atom is 0.0610 e. The van der Waals surface area contributed by atoms with Gasteiger partial charge in [-0.15, -0.1) is 0 Å². The highest BCUT2D eigenvalue weighted by Gasteiger charge is 2.27. The average Bonchev–Trinajstić information content (AvgIpc) is 2.40. The number of hydrogen-bond donors (Lipinski definition) is 2. The van der Waals surface area contributed by atoms with E-state index in [9.17, 15) is 5.11 Å². The van der Waals surface area contributed by atoms with E-state index in [2.05, 4.69) is 33.0 Å². The van der Waals surface area contributed by atoms with Crippen LogP contribution in [0.15, 0.2) is 0 Å². The van der Waals surface area contributed by atoms with Crippen LogP contribution in [0.25, 0.3) is 0 Å². The molecule has 0 aromatic heterocycles. The van der Waals surface area contributed by atoms with Gasteiger partial charge < -0.3 is 15.2 Å². The highest BCUT2D eigenvalue weighted by atomic mass is 16.5. The molecule has 1 atom stereocenters. The summed E-state index contributed by atoms with van der Waals surface area (Å²) in [6, 6.07) is 0. The first-order valence-corrected chi connectivity index (χ1v) is 8.38. The number of rotatable bonds is 9. The molecule has 2 N–H and O–H groups in total. The highest BCUT2D eigenvalue weighted by molar-refractivity contribution is 4.81. The monoisotopic (exact) mass is 285 g/mol. The summed E-state index contributed by atoms with van der Waals surface area (Å²) in [7, 11) is 0. The molecule has 0 saturated heterocycles. The quantitative estimate of drug-likeness (QED) is 0.637. The van der Waals surface area contributed by atoms with Crippen LogP contribution in [0.5, 0.6) is 0 Å². The van der Waals surface area contributed by atoms with Crippen molar-refractivity contribution < 1.29 is 9.84 Å². The summed E-state index contributed by atoms with van der Waals surface area (Å²) in [5.41, 5.74) is 0.401. The predicted octanol–water partition coefficient (Wildman–Crippen LogP) is 3.50. The minimum absolute atomic E-state index is 0.121. The predicted molar refractivity (Wildman–Crippen MR) is 85.0 cm³/mol. The van der Waals surface area contributed by atoms with Gasteiger partial charge in [0.05, 0.1) is 12.7 Å². The molecule has 3 heteroatoms. The van der Waals surface area contributed by atoms with E-state index in [0.717, 1.165) is 32.4 Å². The fourth-order valence-corrected chi connectivity index (χ4v) is 3.06. The molecule has 0 aromatic carbocycles. The molecule has 0 aliphatic heterocycles. The molecule has 1 aliphatic carbocycles. The van der Waals surface area contributed by atoms with Crippen molar-refractivity contribution in [2.75, 3.05) is 19.8 Å². The van der Waals surface area contributed by atoms with E-state index in [1.54, 1.807) is 0 Å². The van der Waals surface area contributed by atoms with Crippen LogP contribution >= 0.6 is 0 Å². The fourth-order valence-electron chi connectivity index (χ4n) is 3.06. The molecule has 0 heterocycles. The first kappa shape index (κ1) is 17.9. The number of ether oxygens (including phenoxy) is 1. The van der Waals surface area contributed by atoms with Gasteiger partial charge in [0, 0.05) is 12.1 Å². The minimum atomic E-state index is -0.121. The molecular weight excluding hydrogens is 250 g/mol. The molecule has 3 nitrogen and oxygen atoms in total. The number of likely N-dealkylation sites (N-methyl/N-ethyl adjacent to an activating group) is 1. The first-order chi connectivity index (χ1) is 9.41. The van der Waals surface area contributed by atoms with Crippen molar-refractivity contribution in [1.29, 1.82) is 0 Å². The van der Waals surface area contributed by atoms with E-state index >= 15 is 0 Å². The van der Waals surface area contributed by atoms with E-state index in [1.807, 2.05) is 0 Å². The molecule has 0 spiro atoms. The fraction of sp³-hybridized carbons (Fsp3) is 1.00. The van der Waals surface area contributed by atoms with Crippen LogP contribution in [0.1, 0.15) is 72.6 Å². The lowest BCUT2D eigenvalue weighted by Crippen LogP contribution is -2.45. The van der Waals surface area contributed by atoms with Crippen LogP contribution in [0, 0.1) is 5.41 Å². The van der Waals surface area contributed by atoms with E-state index in [0.29, 0.717) is 11.5 Å². The van der Waals surface area contributed by atoms with Crippen molar-refractivity contribution in [3.8, 4) is 0 Å². The Morgan fingerprint density at radius 1 is 1.25 bits per heavy atom. The molecule has 0 radical (unpaired) electrons. The van der Waals surface area contributed by atoms with Crippen molar-refractivity contribution in [3.05, 3.63) is 0 Å². The van der Waals surface area contributed by atoms with E-state index in [4.69, 9.17) is 4.74 Å². The van der Waals surface area contributed by atoms with Crippen molar-refractivity contribution in [1.82, 2.24) is 5.32 Å². The van der Waals surface area contributed by atoms with Crippen molar-refractivity contribution in [2.45, 2.75) is 84.3 Å². The SMILES string of the molecule is CCNC(C)(CO)CCCCOC1CCC(C)(C)CC1. The van der Waals surface area contributed by atoms with Gasteiger partial charge in [-0.2, -0.15) is 0 Å². The average molecular weight is 285 g/mol. The smallest absolute Gasteiger partial charge is 0.0610 e.